The van der Waals surface area contributed by atoms with E-state index in [2.05, 4.69) is 10.3 Å². The number of halogens is 1. The van der Waals surface area contributed by atoms with E-state index in [1.807, 2.05) is 36.0 Å². The highest BCUT2D eigenvalue weighted by Crippen LogP contribution is 2.23. The fraction of sp³-hybridized carbons (Fsp3) is 0.105. The van der Waals surface area contributed by atoms with E-state index in [-0.39, 0.29) is 5.91 Å². The maximum Gasteiger partial charge on any atom is 0.252 e. The lowest BCUT2D eigenvalue weighted by molar-refractivity contribution is 0.0941. The van der Waals surface area contributed by atoms with Crippen LogP contribution >= 0.6 is 11.6 Å². The molecule has 0 aliphatic carbocycles. The minimum absolute atomic E-state index is 0.243. The average molecular weight is 351 g/mol. The van der Waals surface area contributed by atoms with Crippen LogP contribution in [0.4, 0.5) is 0 Å². The predicted octanol–water partition coefficient (Wildman–Crippen LogP) is 3.46. The number of benzene rings is 2. The standard InChI is InChI=1S/C19H15ClN4O/c1-24-11-10-22-18(24)17(14-6-8-16(20)9-7-14)23-19(25)15-4-2-13(12-21)3-5-15/h2-11,17H,1H3,(H,23,25)/t17-/m0/s1. The van der Waals surface area contributed by atoms with Gasteiger partial charge in [0, 0.05) is 30.0 Å². The molecule has 3 aromatic rings. The number of nitrogens with zero attached hydrogens (tertiary/aromatic N) is 3. The fourth-order valence-corrected chi connectivity index (χ4v) is 2.64. The number of aromatic nitrogens is 2. The molecule has 0 fully saturated rings. The summed E-state index contributed by atoms with van der Waals surface area (Å²) >= 11 is 5.97. The lowest BCUT2D eigenvalue weighted by Gasteiger charge is -2.19. The van der Waals surface area contributed by atoms with Gasteiger partial charge in [0.05, 0.1) is 11.6 Å². The van der Waals surface area contributed by atoms with Gasteiger partial charge in [-0.3, -0.25) is 4.79 Å². The summed E-state index contributed by atoms with van der Waals surface area (Å²) in [6.45, 7) is 0. The highest BCUT2D eigenvalue weighted by Gasteiger charge is 2.21. The molecule has 0 saturated heterocycles. The number of carbonyl (C=O) groups is 1. The summed E-state index contributed by atoms with van der Waals surface area (Å²) in [5.41, 5.74) is 1.86. The molecule has 25 heavy (non-hydrogen) atoms. The third kappa shape index (κ3) is 3.70. The zero-order chi connectivity index (χ0) is 17.8. The Morgan fingerprint density at radius 2 is 1.88 bits per heavy atom. The number of nitrogens with one attached hydrogen (secondary N) is 1. The lowest BCUT2D eigenvalue weighted by Crippen LogP contribution is -2.31. The zero-order valence-corrected chi connectivity index (χ0v) is 14.2. The van der Waals surface area contributed by atoms with Crippen LogP contribution in [0.2, 0.25) is 5.02 Å². The minimum Gasteiger partial charge on any atom is -0.338 e. The van der Waals surface area contributed by atoms with E-state index < -0.39 is 6.04 Å². The van der Waals surface area contributed by atoms with Gasteiger partial charge in [-0.1, -0.05) is 23.7 Å². The number of hydrogen-bond acceptors (Lipinski definition) is 3. The van der Waals surface area contributed by atoms with Gasteiger partial charge in [0.1, 0.15) is 11.9 Å². The van der Waals surface area contributed by atoms with Gasteiger partial charge in [0.15, 0.2) is 0 Å². The third-order valence-corrected chi connectivity index (χ3v) is 4.12. The smallest absolute Gasteiger partial charge is 0.252 e. The number of nitriles is 1. The van der Waals surface area contributed by atoms with E-state index in [1.54, 1.807) is 42.6 Å². The van der Waals surface area contributed by atoms with Gasteiger partial charge < -0.3 is 9.88 Å². The van der Waals surface area contributed by atoms with Crippen LogP contribution in [0.3, 0.4) is 0 Å². The van der Waals surface area contributed by atoms with E-state index in [0.717, 1.165) is 5.56 Å². The van der Waals surface area contributed by atoms with Gasteiger partial charge in [-0.05, 0) is 42.0 Å². The topological polar surface area (TPSA) is 70.7 Å². The SMILES string of the molecule is Cn1ccnc1[C@@H](NC(=O)c1ccc(C#N)cc1)c1ccc(Cl)cc1. The number of hydrogen-bond donors (Lipinski definition) is 1. The molecule has 0 aliphatic heterocycles. The fourth-order valence-electron chi connectivity index (χ4n) is 2.52. The molecule has 0 unspecified atom stereocenters. The number of amides is 1. The van der Waals surface area contributed by atoms with Crippen LogP contribution < -0.4 is 5.32 Å². The molecule has 1 atom stereocenters. The van der Waals surface area contributed by atoms with Gasteiger partial charge in [-0.2, -0.15) is 5.26 Å². The maximum atomic E-state index is 12.6. The average Bonchev–Trinajstić information content (AvgIpc) is 3.06. The highest BCUT2D eigenvalue weighted by atomic mass is 35.5. The second kappa shape index (κ2) is 7.20. The van der Waals surface area contributed by atoms with Crippen molar-refractivity contribution in [3.8, 4) is 6.07 Å². The minimum atomic E-state index is -0.416. The molecule has 124 valence electrons. The summed E-state index contributed by atoms with van der Waals surface area (Å²) in [7, 11) is 1.87. The molecule has 1 aromatic heterocycles. The van der Waals surface area contributed by atoms with E-state index >= 15 is 0 Å². The quantitative estimate of drug-likeness (QED) is 0.783. The maximum absolute atomic E-state index is 12.6. The summed E-state index contributed by atoms with van der Waals surface area (Å²) in [4.78, 5) is 17.0. The predicted molar refractivity (Wildman–Crippen MR) is 95.1 cm³/mol. The first-order chi connectivity index (χ1) is 12.1. The molecule has 5 nitrogen and oxygen atoms in total. The molecule has 1 heterocycles. The second-order valence-electron chi connectivity index (χ2n) is 5.54. The number of carbonyl (C=O) groups excluding carboxylic acids is 1. The molecule has 2 aromatic carbocycles. The lowest BCUT2D eigenvalue weighted by atomic mass is 10.0. The van der Waals surface area contributed by atoms with Crippen LogP contribution in [0.25, 0.3) is 0 Å². The van der Waals surface area contributed by atoms with Gasteiger partial charge in [-0.15, -0.1) is 0 Å². The van der Waals surface area contributed by atoms with Crippen molar-refractivity contribution in [2.24, 2.45) is 7.05 Å². The molecular weight excluding hydrogens is 336 g/mol. The summed E-state index contributed by atoms with van der Waals surface area (Å²) in [5.74, 6) is 0.469. The van der Waals surface area contributed by atoms with Crippen LogP contribution in [0, 0.1) is 11.3 Å². The first kappa shape index (κ1) is 16.7. The molecule has 0 radical (unpaired) electrons. The Balaban J connectivity index is 1.92. The molecule has 6 heteroatoms. The van der Waals surface area contributed by atoms with Crippen molar-refractivity contribution in [2.75, 3.05) is 0 Å². The first-order valence-corrected chi connectivity index (χ1v) is 8.00. The van der Waals surface area contributed by atoms with Crippen LogP contribution in [0.5, 0.6) is 0 Å². The molecule has 0 saturated carbocycles. The number of rotatable bonds is 4. The largest absolute Gasteiger partial charge is 0.338 e. The molecule has 3 rings (SSSR count). The molecule has 1 amide bonds. The van der Waals surface area contributed by atoms with Gasteiger partial charge in [-0.25, -0.2) is 4.98 Å². The normalized spacial score (nSPS) is 11.6. The first-order valence-electron chi connectivity index (χ1n) is 7.62. The Labute approximate surface area is 150 Å². The van der Waals surface area contributed by atoms with E-state index in [4.69, 9.17) is 16.9 Å². The van der Waals surface area contributed by atoms with Crippen molar-refractivity contribution >= 4 is 17.5 Å². The van der Waals surface area contributed by atoms with Crippen molar-refractivity contribution in [1.82, 2.24) is 14.9 Å². The Morgan fingerprint density at radius 1 is 1.20 bits per heavy atom. The van der Waals surface area contributed by atoms with Crippen molar-refractivity contribution in [1.29, 1.82) is 5.26 Å². The van der Waals surface area contributed by atoms with E-state index in [1.165, 1.54) is 0 Å². The van der Waals surface area contributed by atoms with Crippen molar-refractivity contribution < 1.29 is 4.79 Å². The summed E-state index contributed by atoms with van der Waals surface area (Å²) in [5, 5.41) is 12.5. The highest BCUT2D eigenvalue weighted by molar-refractivity contribution is 6.30. The zero-order valence-electron chi connectivity index (χ0n) is 13.5. The Bertz CT molecular complexity index is 923. The van der Waals surface area contributed by atoms with Gasteiger partial charge in [0.25, 0.3) is 5.91 Å². The second-order valence-corrected chi connectivity index (χ2v) is 5.98. The molecule has 0 aliphatic rings. The molecule has 0 bridgehead atoms. The van der Waals surface area contributed by atoms with Crippen LogP contribution in [-0.4, -0.2) is 15.5 Å². The van der Waals surface area contributed by atoms with Crippen LogP contribution in [-0.2, 0) is 7.05 Å². The van der Waals surface area contributed by atoms with Gasteiger partial charge >= 0.3 is 0 Å². The Hall–Kier alpha value is -3.10. The van der Waals surface area contributed by atoms with Crippen LogP contribution in [0.1, 0.15) is 33.4 Å². The number of aryl methyl sites for hydroxylation is 1. The molecule has 0 spiro atoms. The number of imidazole rings is 1. The molecule has 1 N–H and O–H groups in total. The van der Waals surface area contributed by atoms with E-state index in [9.17, 15) is 4.79 Å². The van der Waals surface area contributed by atoms with Crippen molar-refractivity contribution in [3.63, 3.8) is 0 Å². The van der Waals surface area contributed by atoms with Crippen molar-refractivity contribution in [3.05, 3.63) is 88.5 Å². The van der Waals surface area contributed by atoms with Crippen molar-refractivity contribution in [2.45, 2.75) is 6.04 Å². The summed E-state index contributed by atoms with van der Waals surface area (Å²) < 4.78 is 1.86. The Kier molecular flexibility index (Phi) is 4.82. The monoisotopic (exact) mass is 350 g/mol. The summed E-state index contributed by atoms with van der Waals surface area (Å²) in [6, 6.07) is 15.4. The van der Waals surface area contributed by atoms with Crippen LogP contribution in [0.15, 0.2) is 60.9 Å². The Morgan fingerprint density at radius 3 is 2.44 bits per heavy atom. The van der Waals surface area contributed by atoms with Gasteiger partial charge in [0.2, 0.25) is 0 Å². The summed E-state index contributed by atoms with van der Waals surface area (Å²) in [6.07, 6.45) is 3.51. The van der Waals surface area contributed by atoms with E-state index in [0.29, 0.717) is 22.0 Å². The third-order valence-electron chi connectivity index (χ3n) is 3.87. The molecular formula is C19H15ClN4O.